The van der Waals surface area contributed by atoms with E-state index in [0.29, 0.717) is 12.1 Å². The van der Waals surface area contributed by atoms with E-state index in [9.17, 15) is 5.26 Å². The first kappa shape index (κ1) is 20.5. The molecule has 0 unspecified atom stereocenters. The van der Waals surface area contributed by atoms with Gasteiger partial charge in [0.25, 0.3) is 0 Å². The molecule has 1 N–H and O–H groups in total. The topological polar surface area (TPSA) is 49.0 Å². The standard InChI is InChI=1S/C21H25BrN2OS/c1-4-6-8-16(13-23)11-19(24-14-17-9-7-10-25-17)21-15(3)18(12-22)20(5-2)26-21/h7-11,24H,4-6,12,14H2,1-3H3/b16-8-,19-11+. The highest BCUT2D eigenvalue weighted by Gasteiger charge is 2.16. The monoisotopic (exact) mass is 432 g/mol. The highest BCUT2D eigenvalue weighted by Crippen LogP contribution is 2.34. The van der Waals surface area contributed by atoms with E-state index in [4.69, 9.17) is 4.42 Å². The summed E-state index contributed by atoms with van der Waals surface area (Å²) in [7, 11) is 0. The molecule has 0 spiro atoms. The molecule has 26 heavy (non-hydrogen) atoms. The molecular formula is C21H25BrN2OS. The van der Waals surface area contributed by atoms with E-state index in [1.54, 1.807) is 17.6 Å². The molecule has 0 aliphatic rings. The van der Waals surface area contributed by atoms with Crippen LogP contribution in [-0.4, -0.2) is 0 Å². The van der Waals surface area contributed by atoms with Gasteiger partial charge in [0, 0.05) is 10.2 Å². The number of furan rings is 1. The highest BCUT2D eigenvalue weighted by atomic mass is 79.9. The average molecular weight is 433 g/mol. The van der Waals surface area contributed by atoms with Crippen LogP contribution in [0.2, 0.25) is 0 Å². The Balaban J connectivity index is 2.43. The summed E-state index contributed by atoms with van der Waals surface area (Å²) in [4.78, 5) is 2.58. The molecule has 2 heterocycles. The second-order valence-electron chi connectivity index (χ2n) is 6.00. The molecule has 0 aliphatic heterocycles. The molecule has 2 aromatic heterocycles. The Morgan fingerprint density at radius 1 is 1.42 bits per heavy atom. The van der Waals surface area contributed by atoms with E-state index in [-0.39, 0.29) is 0 Å². The molecule has 0 aliphatic carbocycles. The van der Waals surface area contributed by atoms with Crippen molar-refractivity contribution in [1.82, 2.24) is 5.32 Å². The second-order valence-corrected chi connectivity index (χ2v) is 7.66. The molecule has 2 rings (SSSR count). The molecule has 0 radical (unpaired) electrons. The lowest BCUT2D eigenvalue weighted by Gasteiger charge is -2.10. The Bertz CT molecular complexity index is 810. The number of unbranched alkanes of at least 4 members (excludes halogenated alkanes) is 1. The Kier molecular flexibility index (Phi) is 8.21. The van der Waals surface area contributed by atoms with Crippen molar-refractivity contribution in [2.45, 2.75) is 51.9 Å². The summed E-state index contributed by atoms with van der Waals surface area (Å²) in [6, 6.07) is 6.15. The van der Waals surface area contributed by atoms with Gasteiger partial charge in [-0.1, -0.05) is 42.3 Å². The van der Waals surface area contributed by atoms with Crippen molar-refractivity contribution in [2.75, 3.05) is 0 Å². The quantitative estimate of drug-likeness (QED) is 0.279. The number of allylic oxidation sites excluding steroid dienone is 3. The lowest BCUT2D eigenvalue weighted by Crippen LogP contribution is -2.11. The first-order valence-corrected chi connectivity index (χ1v) is 10.8. The zero-order chi connectivity index (χ0) is 18.9. The van der Waals surface area contributed by atoms with Crippen LogP contribution in [-0.2, 0) is 18.3 Å². The lowest BCUT2D eigenvalue weighted by atomic mass is 10.1. The molecule has 2 aromatic rings. The number of hydrogen-bond donors (Lipinski definition) is 1. The van der Waals surface area contributed by atoms with E-state index in [1.807, 2.05) is 24.3 Å². The third kappa shape index (κ3) is 5.12. The van der Waals surface area contributed by atoms with Gasteiger partial charge >= 0.3 is 0 Å². The Labute approximate surface area is 168 Å². The van der Waals surface area contributed by atoms with E-state index in [2.05, 4.69) is 48.1 Å². The maximum Gasteiger partial charge on any atom is 0.122 e. The van der Waals surface area contributed by atoms with Gasteiger partial charge in [-0.05, 0) is 49.1 Å². The molecule has 0 saturated heterocycles. The zero-order valence-corrected chi connectivity index (χ0v) is 18.0. The number of rotatable bonds is 9. The molecule has 0 fully saturated rings. The Morgan fingerprint density at radius 3 is 2.77 bits per heavy atom. The zero-order valence-electron chi connectivity index (χ0n) is 15.6. The van der Waals surface area contributed by atoms with Gasteiger partial charge < -0.3 is 9.73 Å². The Hall–Kier alpha value is -1.77. The average Bonchev–Trinajstić information content (AvgIpc) is 3.28. The van der Waals surface area contributed by atoms with Gasteiger partial charge in [0.2, 0.25) is 0 Å². The number of halogens is 1. The number of nitrogens with one attached hydrogen (secondary N) is 1. The molecule has 0 saturated carbocycles. The lowest BCUT2D eigenvalue weighted by molar-refractivity contribution is 0.501. The van der Waals surface area contributed by atoms with Crippen molar-refractivity contribution in [3.63, 3.8) is 0 Å². The van der Waals surface area contributed by atoms with Gasteiger partial charge in [0.1, 0.15) is 5.76 Å². The maximum atomic E-state index is 9.51. The molecule has 0 amide bonds. The smallest absolute Gasteiger partial charge is 0.122 e. The van der Waals surface area contributed by atoms with Gasteiger partial charge in [-0.25, -0.2) is 0 Å². The molecular weight excluding hydrogens is 408 g/mol. The number of alkyl halides is 1. The van der Waals surface area contributed by atoms with E-state index in [1.165, 1.54) is 20.9 Å². The van der Waals surface area contributed by atoms with Crippen LogP contribution in [0.25, 0.3) is 5.70 Å². The Morgan fingerprint density at radius 2 is 2.23 bits per heavy atom. The third-order valence-corrected chi connectivity index (χ3v) is 6.24. The molecule has 138 valence electrons. The summed E-state index contributed by atoms with van der Waals surface area (Å²) in [6.45, 7) is 7.05. The molecule has 0 aromatic carbocycles. The number of hydrogen-bond acceptors (Lipinski definition) is 4. The largest absolute Gasteiger partial charge is 0.467 e. The van der Waals surface area contributed by atoms with Crippen molar-refractivity contribution in [2.24, 2.45) is 0 Å². The minimum Gasteiger partial charge on any atom is -0.467 e. The first-order valence-electron chi connectivity index (χ1n) is 8.90. The van der Waals surface area contributed by atoms with Crippen LogP contribution in [0.4, 0.5) is 0 Å². The van der Waals surface area contributed by atoms with Crippen LogP contribution >= 0.6 is 27.3 Å². The predicted octanol–water partition coefficient (Wildman–Crippen LogP) is 6.49. The normalized spacial score (nSPS) is 12.3. The number of nitriles is 1. The molecule has 0 bridgehead atoms. The maximum absolute atomic E-state index is 9.51. The number of thiophene rings is 1. The van der Waals surface area contributed by atoms with Crippen LogP contribution in [0.3, 0.4) is 0 Å². The molecule has 3 nitrogen and oxygen atoms in total. The van der Waals surface area contributed by atoms with Gasteiger partial charge in [0.05, 0.1) is 35.0 Å². The summed E-state index contributed by atoms with van der Waals surface area (Å²) in [5.74, 6) is 0.873. The van der Waals surface area contributed by atoms with Crippen LogP contribution in [0, 0.1) is 18.3 Å². The SMILES string of the molecule is CCC/C=C(C#N)/C=C(/NCc1ccco1)c1sc(CC)c(CBr)c1C. The molecule has 0 atom stereocenters. The highest BCUT2D eigenvalue weighted by molar-refractivity contribution is 9.08. The summed E-state index contributed by atoms with van der Waals surface area (Å²) < 4.78 is 5.44. The van der Waals surface area contributed by atoms with Crippen molar-refractivity contribution < 1.29 is 4.42 Å². The van der Waals surface area contributed by atoms with E-state index >= 15 is 0 Å². The van der Waals surface area contributed by atoms with Gasteiger partial charge in [-0.2, -0.15) is 5.26 Å². The van der Waals surface area contributed by atoms with Crippen LogP contribution in [0.15, 0.2) is 40.5 Å². The van der Waals surface area contributed by atoms with Crippen LogP contribution < -0.4 is 5.32 Å². The fourth-order valence-corrected chi connectivity index (χ4v) is 4.91. The van der Waals surface area contributed by atoms with Gasteiger partial charge in [0.15, 0.2) is 0 Å². The second kappa shape index (κ2) is 10.4. The fraction of sp³-hybridized carbons (Fsp3) is 0.381. The van der Waals surface area contributed by atoms with Crippen LogP contribution in [0.5, 0.6) is 0 Å². The summed E-state index contributed by atoms with van der Waals surface area (Å²) >= 11 is 5.42. The molecule has 5 heteroatoms. The van der Waals surface area contributed by atoms with Crippen molar-refractivity contribution in [3.8, 4) is 6.07 Å². The third-order valence-electron chi connectivity index (χ3n) is 4.17. The summed E-state index contributed by atoms with van der Waals surface area (Å²) in [6.07, 6.45) is 8.59. The fourth-order valence-electron chi connectivity index (χ4n) is 2.71. The van der Waals surface area contributed by atoms with Crippen molar-refractivity contribution in [1.29, 1.82) is 5.26 Å². The van der Waals surface area contributed by atoms with Crippen molar-refractivity contribution >= 4 is 33.0 Å². The van der Waals surface area contributed by atoms with Crippen molar-refractivity contribution in [3.05, 3.63) is 62.8 Å². The summed E-state index contributed by atoms with van der Waals surface area (Å²) in [5, 5.41) is 13.8. The first-order chi connectivity index (χ1) is 12.6. The van der Waals surface area contributed by atoms with E-state index in [0.717, 1.165) is 36.0 Å². The van der Waals surface area contributed by atoms with Gasteiger partial charge in [-0.15, -0.1) is 11.3 Å². The number of aryl methyl sites for hydroxylation is 1. The minimum absolute atomic E-state index is 0.591. The van der Waals surface area contributed by atoms with Gasteiger partial charge in [-0.3, -0.25) is 0 Å². The number of nitrogens with zero attached hydrogens (tertiary/aromatic N) is 1. The van der Waals surface area contributed by atoms with Crippen LogP contribution in [0.1, 0.15) is 53.3 Å². The predicted molar refractivity (Wildman–Crippen MR) is 113 cm³/mol. The minimum atomic E-state index is 0.591. The summed E-state index contributed by atoms with van der Waals surface area (Å²) in [5.41, 5.74) is 4.30. The van der Waals surface area contributed by atoms with E-state index < -0.39 is 0 Å².